The summed E-state index contributed by atoms with van der Waals surface area (Å²) in [6.07, 6.45) is 0.520. The Balaban J connectivity index is 1.43. The minimum Gasteiger partial charge on any atom is -0.308 e. The second-order valence-corrected chi connectivity index (χ2v) is 9.73. The van der Waals surface area contributed by atoms with Gasteiger partial charge in [0, 0.05) is 12.1 Å². The molecule has 0 bridgehead atoms. The molecule has 1 N–H and O–H groups in total. The van der Waals surface area contributed by atoms with Crippen molar-refractivity contribution in [2.24, 2.45) is 0 Å². The van der Waals surface area contributed by atoms with Crippen molar-refractivity contribution in [1.29, 1.82) is 0 Å². The molecule has 0 saturated heterocycles. The van der Waals surface area contributed by atoms with E-state index in [1.54, 1.807) is 9.47 Å². The van der Waals surface area contributed by atoms with E-state index in [-0.39, 0.29) is 23.0 Å². The Hall–Kier alpha value is -4.78. The molecule has 39 heavy (non-hydrogen) atoms. The summed E-state index contributed by atoms with van der Waals surface area (Å²) >= 11 is 0. The molecule has 2 heterocycles. The maximum atomic E-state index is 14.2. The average molecular weight is 519 g/mol. The molecular weight excluding hydrogens is 491 g/mol. The largest absolute Gasteiger partial charge is 0.322 e. The third-order valence-electron chi connectivity index (χ3n) is 7.39. The van der Waals surface area contributed by atoms with E-state index < -0.39 is 11.9 Å². The van der Waals surface area contributed by atoms with E-state index in [1.165, 1.54) is 18.2 Å². The van der Waals surface area contributed by atoms with E-state index in [4.69, 9.17) is 4.98 Å². The van der Waals surface area contributed by atoms with Crippen LogP contribution in [0.15, 0.2) is 108 Å². The fourth-order valence-corrected chi connectivity index (χ4v) is 5.45. The van der Waals surface area contributed by atoms with Crippen LogP contribution in [0.4, 0.5) is 14.9 Å². The van der Waals surface area contributed by atoms with Crippen LogP contribution in [0.1, 0.15) is 36.8 Å². The van der Waals surface area contributed by atoms with Crippen LogP contribution in [0.5, 0.6) is 0 Å². The Morgan fingerprint density at radius 3 is 2.44 bits per heavy atom. The smallest absolute Gasteiger partial charge is 0.308 e. The molecule has 0 aliphatic carbocycles. The highest BCUT2D eigenvalue weighted by Crippen LogP contribution is 2.37. The van der Waals surface area contributed by atoms with Crippen LogP contribution in [0.25, 0.3) is 22.0 Å². The zero-order valence-electron chi connectivity index (χ0n) is 21.4. The standard InChI is InChI=1S/C32H27FN4O2/c1-21(22-10-4-2-5-11-22)37(32(39)35-27-15-9-8-14-25(27)23-12-6-3-7-13-23)29-18-19-36-30(29)34-28-17-16-24(33)20-26(28)31(36)38/h2-17,20-21,29H,18-19H2,1H3,(H,35,39). The highest BCUT2D eigenvalue weighted by atomic mass is 19.1. The minimum absolute atomic E-state index is 0.239. The van der Waals surface area contributed by atoms with Crippen molar-refractivity contribution >= 4 is 22.6 Å². The van der Waals surface area contributed by atoms with Gasteiger partial charge < -0.3 is 10.2 Å². The molecule has 2 atom stereocenters. The van der Waals surface area contributed by atoms with Crippen LogP contribution in [0.2, 0.25) is 0 Å². The van der Waals surface area contributed by atoms with Gasteiger partial charge in [-0.1, -0.05) is 78.9 Å². The number of aromatic nitrogens is 2. The number of hydrogen-bond acceptors (Lipinski definition) is 3. The molecule has 0 fully saturated rings. The Kier molecular flexibility index (Phi) is 6.40. The fraction of sp³-hybridized carbons (Fsp3) is 0.156. The number of carbonyl (C=O) groups is 1. The lowest BCUT2D eigenvalue weighted by Crippen LogP contribution is -2.40. The van der Waals surface area contributed by atoms with Crippen molar-refractivity contribution in [2.45, 2.75) is 32.0 Å². The minimum atomic E-state index is -0.479. The Morgan fingerprint density at radius 1 is 0.974 bits per heavy atom. The lowest BCUT2D eigenvalue weighted by Gasteiger charge is -2.34. The number of para-hydroxylation sites is 1. The first-order valence-corrected chi connectivity index (χ1v) is 13.0. The quantitative estimate of drug-likeness (QED) is 0.274. The van der Waals surface area contributed by atoms with Gasteiger partial charge in [0.1, 0.15) is 11.6 Å². The van der Waals surface area contributed by atoms with Crippen molar-refractivity contribution in [3.05, 3.63) is 131 Å². The van der Waals surface area contributed by atoms with Crippen LogP contribution in [0.3, 0.4) is 0 Å². The second-order valence-electron chi connectivity index (χ2n) is 9.73. The molecule has 4 aromatic carbocycles. The molecule has 0 saturated carbocycles. The number of halogens is 1. The number of nitrogens with zero attached hydrogens (tertiary/aromatic N) is 3. The monoisotopic (exact) mass is 518 g/mol. The summed E-state index contributed by atoms with van der Waals surface area (Å²) in [5.74, 6) is 0.0284. The number of anilines is 1. The summed E-state index contributed by atoms with van der Waals surface area (Å²) in [4.78, 5) is 34.0. The molecular formula is C32H27FN4O2. The van der Waals surface area contributed by atoms with Crippen molar-refractivity contribution < 1.29 is 9.18 Å². The second kappa shape index (κ2) is 10.2. The Labute approximate surface area is 225 Å². The number of carbonyl (C=O) groups excluding carboxylic acids is 1. The summed E-state index contributed by atoms with van der Waals surface area (Å²) in [5, 5.41) is 3.39. The van der Waals surface area contributed by atoms with Gasteiger partial charge in [0.05, 0.1) is 28.7 Å². The molecule has 194 valence electrons. The molecule has 1 aromatic heterocycles. The zero-order chi connectivity index (χ0) is 26.9. The number of fused-ring (bicyclic) bond motifs is 2. The topological polar surface area (TPSA) is 67.2 Å². The summed E-state index contributed by atoms with van der Waals surface area (Å²) in [7, 11) is 0. The average Bonchev–Trinajstić information content (AvgIpc) is 3.38. The predicted molar refractivity (Wildman–Crippen MR) is 151 cm³/mol. The van der Waals surface area contributed by atoms with Gasteiger partial charge in [0.25, 0.3) is 5.56 Å². The van der Waals surface area contributed by atoms with Crippen molar-refractivity contribution in [2.75, 3.05) is 5.32 Å². The van der Waals surface area contributed by atoms with Gasteiger partial charge in [-0.3, -0.25) is 9.36 Å². The van der Waals surface area contributed by atoms with Crippen molar-refractivity contribution in [3.8, 4) is 11.1 Å². The van der Waals surface area contributed by atoms with E-state index in [0.29, 0.717) is 30.0 Å². The van der Waals surface area contributed by atoms with Gasteiger partial charge in [-0.15, -0.1) is 0 Å². The zero-order valence-corrected chi connectivity index (χ0v) is 21.4. The summed E-state index contributed by atoms with van der Waals surface area (Å²) in [6.45, 7) is 2.37. The molecule has 7 heteroatoms. The molecule has 1 aliphatic heterocycles. The van der Waals surface area contributed by atoms with E-state index in [1.807, 2.05) is 91.9 Å². The van der Waals surface area contributed by atoms with Gasteiger partial charge in [-0.05, 0) is 48.7 Å². The molecule has 0 radical (unpaired) electrons. The van der Waals surface area contributed by atoms with Gasteiger partial charge in [0.2, 0.25) is 0 Å². The van der Waals surface area contributed by atoms with E-state index >= 15 is 0 Å². The Morgan fingerprint density at radius 2 is 1.67 bits per heavy atom. The third-order valence-corrected chi connectivity index (χ3v) is 7.39. The first kappa shape index (κ1) is 24.6. The van der Waals surface area contributed by atoms with Crippen LogP contribution in [-0.2, 0) is 6.54 Å². The van der Waals surface area contributed by atoms with Gasteiger partial charge in [0.15, 0.2) is 0 Å². The summed E-state index contributed by atoms with van der Waals surface area (Å²) in [5.41, 5.74) is 3.69. The lowest BCUT2D eigenvalue weighted by molar-refractivity contribution is 0.159. The predicted octanol–water partition coefficient (Wildman–Crippen LogP) is 6.94. The Bertz CT molecular complexity index is 1720. The number of hydrogen-bond donors (Lipinski definition) is 1. The highest BCUT2D eigenvalue weighted by molar-refractivity contribution is 5.95. The van der Waals surface area contributed by atoms with Crippen LogP contribution in [0, 0.1) is 5.82 Å². The maximum absolute atomic E-state index is 14.2. The van der Waals surface area contributed by atoms with Crippen LogP contribution in [-0.4, -0.2) is 20.5 Å². The van der Waals surface area contributed by atoms with Gasteiger partial charge in [-0.25, -0.2) is 14.2 Å². The summed E-state index contributed by atoms with van der Waals surface area (Å²) < 4.78 is 15.5. The number of urea groups is 1. The maximum Gasteiger partial charge on any atom is 0.322 e. The molecule has 0 spiro atoms. The van der Waals surface area contributed by atoms with Crippen molar-refractivity contribution in [1.82, 2.24) is 14.5 Å². The molecule has 2 amide bonds. The van der Waals surface area contributed by atoms with Crippen molar-refractivity contribution in [3.63, 3.8) is 0 Å². The lowest BCUT2D eigenvalue weighted by atomic mass is 10.0. The van der Waals surface area contributed by atoms with E-state index in [2.05, 4.69) is 5.32 Å². The molecule has 6 nitrogen and oxygen atoms in total. The number of benzene rings is 4. The SMILES string of the molecule is CC(c1ccccc1)N(C(=O)Nc1ccccc1-c1ccccc1)C1CCn2c1nc1ccc(F)cc1c2=O. The van der Waals surface area contributed by atoms with E-state index in [9.17, 15) is 14.0 Å². The van der Waals surface area contributed by atoms with Gasteiger partial charge >= 0.3 is 6.03 Å². The molecule has 2 unspecified atom stereocenters. The molecule has 6 rings (SSSR count). The highest BCUT2D eigenvalue weighted by Gasteiger charge is 2.37. The number of amides is 2. The van der Waals surface area contributed by atoms with Gasteiger partial charge in [-0.2, -0.15) is 0 Å². The van der Waals surface area contributed by atoms with Crippen LogP contribution < -0.4 is 10.9 Å². The molecule has 1 aliphatic rings. The fourth-order valence-electron chi connectivity index (χ4n) is 5.45. The first-order valence-electron chi connectivity index (χ1n) is 13.0. The van der Waals surface area contributed by atoms with E-state index in [0.717, 1.165) is 16.7 Å². The first-order chi connectivity index (χ1) is 19.0. The summed E-state index contributed by atoms with van der Waals surface area (Å²) in [6, 6.07) is 30.4. The van der Waals surface area contributed by atoms with Crippen LogP contribution >= 0.6 is 0 Å². The number of nitrogens with one attached hydrogen (secondary N) is 1. The normalized spacial score (nSPS) is 15.1. The third kappa shape index (κ3) is 4.56. The number of rotatable bonds is 5. The molecule has 5 aromatic rings.